The third-order valence-electron chi connectivity index (χ3n) is 4.24. The fraction of sp³-hybridized carbons (Fsp3) is 0.182. The van der Waals surface area contributed by atoms with Gasteiger partial charge in [-0.15, -0.1) is 10.2 Å². The normalized spacial score (nSPS) is 10.2. The van der Waals surface area contributed by atoms with E-state index in [0.717, 1.165) is 5.56 Å². The van der Waals surface area contributed by atoms with Crippen LogP contribution in [-0.2, 0) is 4.79 Å². The van der Waals surface area contributed by atoms with Crippen molar-refractivity contribution in [2.45, 2.75) is 6.92 Å². The van der Waals surface area contributed by atoms with E-state index in [1.54, 1.807) is 42.5 Å². The summed E-state index contributed by atoms with van der Waals surface area (Å²) in [5.74, 6) is 0.799. The molecule has 2 aromatic carbocycles. The van der Waals surface area contributed by atoms with Gasteiger partial charge in [-0.3, -0.25) is 9.59 Å². The number of aromatic nitrogens is 2. The number of benzene rings is 2. The van der Waals surface area contributed by atoms with Gasteiger partial charge in [0.25, 0.3) is 5.91 Å². The molecular formula is C22H21N3O5. The van der Waals surface area contributed by atoms with Crippen molar-refractivity contribution in [3.8, 4) is 28.6 Å². The molecule has 0 aliphatic heterocycles. The van der Waals surface area contributed by atoms with Crippen molar-refractivity contribution in [2.75, 3.05) is 26.1 Å². The lowest BCUT2D eigenvalue weighted by Gasteiger charge is -2.12. The molecule has 0 spiro atoms. The molecule has 0 atom stereocenters. The summed E-state index contributed by atoms with van der Waals surface area (Å²) >= 11 is 0. The zero-order valence-electron chi connectivity index (χ0n) is 16.8. The number of nitrogens with one attached hydrogen (secondary N) is 1. The lowest BCUT2D eigenvalue weighted by atomic mass is 10.1. The minimum absolute atomic E-state index is 0.0818. The number of hydrogen-bond donors (Lipinski definition) is 1. The first-order valence-corrected chi connectivity index (χ1v) is 9.10. The van der Waals surface area contributed by atoms with Crippen LogP contribution in [0.4, 0.5) is 5.69 Å². The number of ketones is 1. The summed E-state index contributed by atoms with van der Waals surface area (Å²) in [5, 5.41) is 10.8. The van der Waals surface area contributed by atoms with E-state index < -0.39 is 0 Å². The molecule has 0 bridgehead atoms. The lowest BCUT2D eigenvalue weighted by Crippen LogP contribution is -2.20. The van der Waals surface area contributed by atoms with E-state index in [9.17, 15) is 9.59 Å². The van der Waals surface area contributed by atoms with Gasteiger partial charge >= 0.3 is 0 Å². The quantitative estimate of drug-likeness (QED) is 0.572. The van der Waals surface area contributed by atoms with Crippen LogP contribution in [0.2, 0.25) is 0 Å². The fourth-order valence-electron chi connectivity index (χ4n) is 2.65. The van der Waals surface area contributed by atoms with Gasteiger partial charge < -0.3 is 19.5 Å². The highest BCUT2D eigenvalue weighted by Crippen LogP contribution is 2.28. The Labute approximate surface area is 173 Å². The summed E-state index contributed by atoms with van der Waals surface area (Å²) in [6, 6.07) is 15.5. The molecule has 0 radical (unpaired) electrons. The molecule has 154 valence electrons. The third-order valence-corrected chi connectivity index (χ3v) is 4.24. The molecule has 1 aromatic heterocycles. The van der Waals surface area contributed by atoms with Gasteiger partial charge in [-0.05, 0) is 43.3 Å². The second-order valence-electron chi connectivity index (χ2n) is 6.30. The second kappa shape index (κ2) is 9.51. The van der Waals surface area contributed by atoms with Crippen molar-refractivity contribution in [2.24, 2.45) is 0 Å². The molecule has 8 heteroatoms. The van der Waals surface area contributed by atoms with E-state index in [2.05, 4.69) is 15.5 Å². The summed E-state index contributed by atoms with van der Waals surface area (Å²) < 4.78 is 15.8. The predicted octanol–water partition coefficient (Wildman–Crippen LogP) is 3.38. The first-order valence-electron chi connectivity index (χ1n) is 9.10. The highest BCUT2D eigenvalue weighted by molar-refractivity contribution is 5.95. The molecule has 30 heavy (non-hydrogen) atoms. The molecule has 1 N–H and O–H groups in total. The van der Waals surface area contributed by atoms with E-state index >= 15 is 0 Å². The molecule has 1 heterocycles. The van der Waals surface area contributed by atoms with Crippen LogP contribution in [0.1, 0.15) is 17.3 Å². The van der Waals surface area contributed by atoms with E-state index in [1.165, 1.54) is 21.1 Å². The van der Waals surface area contributed by atoms with Crippen molar-refractivity contribution >= 4 is 17.4 Å². The van der Waals surface area contributed by atoms with Gasteiger partial charge in [0.1, 0.15) is 0 Å². The average Bonchev–Trinajstić information content (AvgIpc) is 2.78. The van der Waals surface area contributed by atoms with Crippen LogP contribution in [-0.4, -0.2) is 42.7 Å². The summed E-state index contributed by atoms with van der Waals surface area (Å²) in [4.78, 5) is 23.7. The maximum atomic E-state index is 12.2. The minimum atomic E-state index is -0.329. The largest absolute Gasteiger partial charge is 0.493 e. The minimum Gasteiger partial charge on any atom is -0.493 e. The molecule has 0 aliphatic carbocycles. The third kappa shape index (κ3) is 5.11. The Balaban J connectivity index is 1.59. The van der Waals surface area contributed by atoms with Gasteiger partial charge in [0.05, 0.1) is 19.9 Å². The number of Topliss-reactive ketones (excluding diaryl/α,β-unsaturated/α-hetero) is 1. The predicted molar refractivity (Wildman–Crippen MR) is 111 cm³/mol. The number of nitrogens with zero attached hydrogens (tertiary/aromatic N) is 2. The zero-order valence-corrected chi connectivity index (χ0v) is 16.8. The number of ether oxygens (including phenoxy) is 3. The summed E-state index contributed by atoms with van der Waals surface area (Å²) in [7, 11) is 3.00. The average molecular weight is 407 g/mol. The first-order chi connectivity index (χ1) is 14.5. The van der Waals surface area contributed by atoms with E-state index in [4.69, 9.17) is 14.2 Å². The van der Waals surface area contributed by atoms with Crippen molar-refractivity contribution in [3.63, 3.8) is 0 Å². The number of carbonyl (C=O) groups is 2. The molecular weight excluding hydrogens is 386 g/mol. The number of anilines is 1. The molecule has 3 rings (SSSR count). The molecule has 8 nitrogen and oxygen atoms in total. The molecule has 0 saturated carbocycles. The first kappa shape index (κ1) is 20.8. The van der Waals surface area contributed by atoms with Crippen LogP contribution in [0.5, 0.6) is 17.4 Å². The zero-order chi connectivity index (χ0) is 21.5. The summed E-state index contributed by atoms with van der Waals surface area (Å²) in [5.41, 5.74) is 2.67. The SMILES string of the molecule is COc1ccc(-c2ccc(NC(=O)COc3ccc(C(C)=O)cc3OC)cc2)nn1. The smallest absolute Gasteiger partial charge is 0.262 e. The fourth-order valence-corrected chi connectivity index (χ4v) is 2.65. The van der Waals surface area contributed by atoms with Crippen molar-refractivity contribution < 1.29 is 23.8 Å². The van der Waals surface area contributed by atoms with Crippen LogP contribution < -0.4 is 19.5 Å². The Kier molecular flexibility index (Phi) is 6.59. The van der Waals surface area contributed by atoms with Gasteiger partial charge in [0.15, 0.2) is 23.9 Å². The van der Waals surface area contributed by atoms with Gasteiger partial charge in [-0.2, -0.15) is 0 Å². The Morgan fingerprint density at radius 3 is 2.27 bits per heavy atom. The van der Waals surface area contributed by atoms with E-state index in [-0.39, 0.29) is 18.3 Å². The topological polar surface area (TPSA) is 99.6 Å². The van der Waals surface area contributed by atoms with E-state index in [1.807, 2.05) is 12.1 Å². The Hall–Kier alpha value is -3.94. The van der Waals surface area contributed by atoms with Crippen molar-refractivity contribution in [3.05, 3.63) is 60.2 Å². The molecule has 3 aromatic rings. The number of carbonyl (C=O) groups excluding carboxylic acids is 2. The van der Waals surface area contributed by atoms with Crippen LogP contribution in [0, 0.1) is 0 Å². The van der Waals surface area contributed by atoms with Crippen LogP contribution in [0.15, 0.2) is 54.6 Å². The number of rotatable bonds is 8. The highest BCUT2D eigenvalue weighted by Gasteiger charge is 2.11. The molecule has 0 saturated heterocycles. The molecule has 0 fully saturated rings. The van der Waals surface area contributed by atoms with Crippen molar-refractivity contribution in [1.82, 2.24) is 10.2 Å². The Morgan fingerprint density at radius 1 is 0.900 bits per heavy atom. The maximum absolute atomic E-state index is 12.2. The van der Waals surface area contributed by atoms with Crippen molar-refractivity contribution in [1.29, 1.82) is 0 Å². The highest BCUT2D eigenvalue weighted by atomic mass is 16.5. The Morgan fingerprint density at radius 2 is 1.67 bits per heavy atom. The molecule has 0 unspecified atom stereocenters. The van der Waals surface area contributed by atoms with Crippen LogP contribution in [0.3, 0.4) is 0 Å². The van der Waals surface area contributed by atoms with Gasteiger partial charge in [-0.1, -0.05) is 12.1 Å². The molecule has 1 amide bonds. The Bertz CT molecular complexity index is 1030. The van der Waals surface area contributed by atoms with Crippen LogP contribution in [0.25, 0.3) is 11.3 Å². The van der Waals surface area contributed by atoms with Gasteiger partial charge in [-0.25, -0.2) is 0 Å². The second-order valence-corrected chi connectivity index (χ2v) is 6.30. The summed E-state index contributed by atoms with van der Waals surface area (Å²) in [6.07, 6.45) is 0. The number of hydrogen-bond acceptors (Lipinski definition) is 7. The van der Waals surface area contributed by atoms with Crippen LogP contribution >= 0.6 is 0 Å². The lowest BCUT2D eigenvalue weighted by molar-refractivity contribution is -0.118. The monoisotopic (exact) mass is 407 g/mol. The standard InChI is InChI=1S/C22H21N3O5/c1-14(26)16-6-10-19(20(12-16)28-2)30-13-21(27)23-17-7-4-15(5-8-17)18-9-11-22(29-3)25-24-18/h4-12H,13H2,1-3H3,(H,23,27). The maximum Gasteiger partial charge on any atom is 0.262 e. The summed E-state index contributed by atoms with van der Waals surface area (Å²) in [6.45, 7) is 1.26. The number of amides is 1. The molecule has 0 aliphatic rings. The number of methoxy groups -OCH3 is 2. The van der Waals surface area contributed by atoms with Gasteiger partial charge in [0.2, 0.25) is 5.88 Å². The van der Waals surface area contributed by atoms with E-state index in [0.29, 0.717) is 34.3 Å². The van der Waals surface area contributed by atoms with Gasteiger partial charge in [0, 0.05) is 22.9 Å².